The van der Waals surface area contributed by atoms with E-state index in [1.807, 2.05) is 30.8 Å². The van der Waals surface area contributed by atoms with Crippen molar-refractivity contribution in [2.45, 2.75) is 11.1 Å². The summed E-state index contributed by atoms with van der Waals surface area (Å²) >= 11 is 1.11. The van der Waals surface area contributed by atoms with Gasteiger partial charge in [-0.15, -0.1) is 11.3 Å². The largest absolute Gasteiger partial charge is 0.478 e. The molecule has 1 aromatic carbocycles. The fourth-order valence-electron chi connectivity index (χ4n) is 2.41. The van der Waals surface area contributed by atoms with Crippen LogP contribution in [0.3, 0.4) is 0 Å². The summed E-state index contributed by atoms with van der Waals surface area (Å²) in [7, 11) is 0.151. The highest BCUT2D eigenvalue weighted by Crippen LogP contribution is 2.30. The number of nitrogens with zero attached hydrogens (tertiary/aromatic N) is 2. The van der Waals surface area contributed by atoms with Crippen LogP contribution in [0.1, 0.15) is 17.3 Å². The molecule has 142 valence electrons. The van der Waals surface area contributed by atoms with Gasteiger partial charge in [-0.2, -0.15) is 0 Å². The van der Waals surface area contributed by atoms with E-state index in [0.29, 0.717) is 18.8 Å². The Bertz CT molecular complexity index is 849. The lowest BCUT2D eigenvalue weighted by Gasteiger charge is -2.27. The third-order valence-corrected chi connectivity index (χ3v) is 6.55. The molecule has 0 aliphatic carbocycles. The van der Waals surface area contributed by atoms with E-state index in [0.717, 1.165) is 17.9 Å². The molecule has 2 aromatic rings. The van der Waals surface area contributed by atoms with E-state index in [1.54, 1.807) is 17.5 Å². The summed E-state index contributed by atoms with van der Waals surface area (Å²) in [6, 6.07) is 7.66. The van der Waals surface area contributed by atoms with Crippen LogP contribution in [0.25, 0.3) is 0 Å². The molecule has 2 rings (SSSR count). The van der Waals surface area contributed by atoms with Crippen LogP contribution in [0.4, 0.5) is 11.4 Å². The molecule has 1 aromatic heterocycles. The molecule has 0 spiro atoms. The Hall–Kier alpha value is -2.10. The van der Waals surface area contributed by atoms with E-state index in [2.05, 4.69) is 4.72 Å². The molecule has 0 unspecified atom stereocenters. The molecule has 0 saturated heterocycles. The van der Waals surface area contributed by atoms with Crippen LogP contribution >= 0.6 is 11.3 Å². The Kier molecular flexibility index (Phi) is 6.63. The highest BCUT2D eigenvalue weighted by atomic mass is 32.2. The standard InChI is InChI=1S/C17H23N3O4S2/c1-4-20(10-9-19(2)3)15-8-7-13(17(21)22)12-14(15)18-26(23,24)16-6-5-11-25-16/h5-8,11-12,18H,4,9-10H2,1-3H3,(H,21,22). The van der Waals surface area contributed by atoms with Crippen molar-refractivity contribution in [3.63, 3.8) is 0 Å². The molecule has 0 saturated carbocycles. The van der Waals surface area contributed by atoms with E-state index in [4.69, 9.17) is 0 Å². The first-order chi connectivity index (χ1) is 12.2. The topological polar surface area (TPSA) is 89.9 Å². The van der Waals surface area contributed by atoms with E-state index < -0.39 is 16.0 Å². The Balaban J connectivity index is 2.43. The zero-order valence-electron chi connectivity index (χ0n) is 15.0. The number of carbonyl (C=O) groups is 1. The number of carboxylic acid groups (broad SMARTS) is 1. The van der Waals surface area contributed by atoms with Crippen molar-refractivity contribution in [2.75, 3.05) is 43.4 Å². The van der Waals surface area contributed by atoms with E-state index in [-0.39, 0.29) is 15.5 Å². The van der Waals surface area contributed by atoms with Gasteiger partial charge >= 0.3 is 5.97 Å². The number of hydrogen-bond acceptors (Lipinski definition) is 6. The molecule has 2 N–H and O–H groups in total. The van der Waals surface area contributed by atoms with Crippen LogP contribution in [0.5, 0.6) is 0 Å². The van der Waals surface area contributed by atoms with Crippen molar-refractivity contribution in [2.24, 2.45) is 0 Å². The second-order valence-corrected chi connectivity index (χ2v) is 8.81. The smallest absolute Gasteiger partial charge is 0.335 e. The van der Waals surface area contributed by atoms with Gasteiger partial charge in [-0.05, 0) is 50.7 Å². The van der Waals surface area contributed by atoms with Crippen molar-refractivity contribution in [3.8, 4) is 0 Å². The van der Waals surface area contributed by atoms with Gasteiger partial charge in [0.25, 0.3) is 10.0 Å². The fourth-order valence-corrected chi connectivity index (χ4v) is 4.47. The lowest BCUT2D eigenvalue weighted by Crippen LogP contribution is -2.32. The molecule has 9 heteroatoms. The third kappa shape index (κ3) is 4.96. The van der Waals surface area contributed by atoms with Gasteiger partial charge in [0.15, 0.2) is 0 Å². The summed E-state index contributed by atoms with van der Waals surface area (Å²) in [6.07, 6.45) is 0. The highest BCUT2D eigenvalue weighted by Gasteiger charge is 2.20. The van der Waals surface area contributed by atoms with Gasteiger partial charge in [0.2, 0.25) is 0 Å². The van der Waals surface area contributed by atoms with Gasteiger partial charge in [-0.1, -0.05) is 6.07 Å². The molecule has 0 aliphatic heterocycles. The summed E-state index contributed by atoms with van der Waals surface area (Å²) in [4.78, 5) is 15.4. The number of aromatic carboxylic acids is 1. The zero-order valence-corrected chi connectivity index (χ0v) is 16.6. The average Bonchev–Trinajstić information content (AvgIpc) is 3.11. The van der Waals surface area contributed by atoms with Crippen LogP contribution in [0.15, 0.2) is 39.9 Å². The normalized spacial score (nSPS) is 11.5. The molecular weight excluding hydrogens is 374 g/mol. The molecule has 7 nitrogen and oxygen atoms in total. The van der Waals surface area contributed by atoms with Gasteiger partial charge in [-0.3, -0.25) is 4.72 Å². The van der Waals surface area contributed by atoms with Gasteiger partial charge in [0, 0.05) is 19.6 Å². The molecule has 1 heterocycles. The maximum atomic E-state index is 12.6. The van der Waals surface area contributed by atoms with Crippen molar-refractivity contribution in [1.29, 1.82) is 0 Å². The molecule has 0 aliphatic rings. The summed E-state index contributed by atoms with van der Waals surface area (Å²) in [6.45, 7) is 4.10. The van der Waals surface area contributed by atoms with Crippen LogP contribution < -0.4 is 9.62 Å². The van der Waals surface area contributed by atoms with Crippen molar-refractivity contribution in [3.05, 3.63) is 41.3 Å². The first-order valence-corrected chi connectivity index (χ1v) is 10.4. The van der Waals surface area contributed by atoms with Crippen LogP contribution in [0, 0.1) is 0 Å². The lowest BCUT2D eigenvalue weighted by molar-refractivity contribution is 0.0697. The number of hydrogen-bond donors (Lipinski definition) is 2. The maximum Gasteiger partial charge on any atom is 0.335 e. The van der Waals surface area contributed by atoms with Crippen LogP contribution in [0.2, 0.25) is 0 Å². The Morgan fingerprint density at radius 1 is 1.23 bits per heavy atom. The monoisotopic (exact) mass is 397 g/mol. The van der Waals surface area contributed by atoms with Gasteiger partial charge in [0.1, 0.15) is 4.21 Å². The van der Waals surface area contributed by atoms with Gasteiger partial charge in [0.05, 0.1) is 16.9 Å². The fraction of sp³-hybridized carbons (Fsp3) is 0.353. The number of nitrogens with one attached hydrogen (secondary N) is 1. The van der Waals surface area contributed by atoms with E-state index >= 15 is 0 Å². The third-order valence-electron chi connectivity index (χ3n) is 3.79. The Morgan fingerprint density at radius 2 is 1.96 bits per heavy atom. The molecule has 0 bridgehead atoms. The number of thiophene rings is 1. The molecule has 0 atom stereocenters. The first kappa shape index (κ1) is 20.2. The first-order valence-electron chi connectivity index (χ1n) is 8.08. The minimum atomic E-state index is -3.77. The molecule has 0 fully saturated rings. The summed E-state index contributed by atoms with van der Waals surface area (Å²) in [5.41, 5.74) is 0.944. The number of anilines is 2. The number of likely N-dealkylation sites (N-methyl/N-ethyl adjacent to an activating group) is 2. The van der Waals surface area contributed by atoms with Gasteiger partial charge in [-0.25, -0.2) is 13.2 Å². The summed E-state index contributed by atoms with van der Waals surface area (Å²) < 4.78 is 27.9. The zero-order chi connectivity index (χ0) is 19.3. The predicted molar refractivity (Wildman–Crippen MR) is 105 cm³/mol. The van der Waals surface area contributed by atoms with Crippen molar-refractivity contribution >= 4 is 38.7 Å². The number of carboxylic acids is 1. The number of sulfonamides is 1. The summed E-state index contributed by atoms with van der Waals surface area (Å²) in [5.74, 6) is -1.11. The van der Waals surface area contributed by atoms with Crippen LogP contribution in [-0.2, 0) is 10.0 Å². The molecule has 0 amide bonds. The minimum Gasteiger partial charge on any atom is -0.478 e. The molecule has 26 heavy (non-hydrogen) atoms. The maximum absolute atomic E-state index is 12.6. The summed E-state index contributed by atoms with van der Waals surface area (Å²) in [5, 5.41) is 10.9. The molecular formula is C17H23N3O4S2. The van der Waals surface area contributed by atoms with Gasteiger partial charge < -0.3 is 14.9 Å². The Labute approximate surface area is 157 Å². The molecule has 0 radical (unpaired) electrons. The SMILES string of the molecule is CCN(CCN(C)C)c1ccc(C(=O)O)cc1NS(=O)(=O)c1cccs1. The predicted octanol–water partition coefficient (Wildman–Crippen LogP) is 2.63. The quantitative estimate of drug-likeness (QED) is 0.676. The van der Waals surface area contributed by atoms with Crippen molar-refractivity contribution < 1.29 is 18.3 Å². The average molecular weight is 398 g/mol. The van der Waals surface area contributed by atoms with E-state index in [9.17, 15) is 18.3 Å². The minimum absolute atomic E-state index is 0.0290. The number of benzene rings is 1. The van der Waals surface area contributed by atoms with E-state index in [1.165, 1.54) is 18.2 Å². The number of rotatable bonds is 9. The second-order valence-electron chi connectivity index (χ2n) is 5.96. The lowest BCUT2D eigenvalue weighted by atomic mass is 10.1. The second kappa shape index (κ2) is 8.52. The van der Waals surface area contributed by atoms with Crippen molar-refractivity contribution in [1.82, 2.24) is 4.90 Å². The highest BCUT2D eigenvalue weighted by molar-refractivity contribution is 7.94. The van der Waals surface area contributed by atoms with Crippen LogP contribution in [-0.4, -0.2) is 58.1 Å². The Morgan fingerprint density at radius 3 is 2.50 bits per heavy atom.